The van der Waals surface area contributed by atoms with Crippen molar-refractivity contribution < 1.29 is 4.74 Å². The Morgan fingerprint density at radius 1 is 0.889 bits per heavy atom. The molecule has 0 saturated carbocycles. The van der Waals surface area contributed by atoms with Gasteiger partial charge >= 0.3 is 0 Å². The van der Waals surface area contributed by atoms with Crippen LogP contribution in [-0.2, 0) is 0 Å². The van der Waals surface area contributed by atoms with Gasteiger partial charge in [0.25, 0.3) is 0 Å². The van der Waals surface area contributed by atoms with E-state index >= 15 is 0 Å². The Balaban J connectivity index is 1.92. The van der Waals surface area contributed by atoms with Gasteiger partial charge in [-0.05, 0) is 31.0 Å². The molecule has 0 N–H and O–H groups in total. The highest BCUT2D eigenvalue weighted by Gasteiger charge is 1.95. The minimum Gasteiger partial charge on any atom is -0.494 e. The van der Waals surface area contributed by atoms with Gasteiger partial charge in [0, 0.05) is 0 Å². The molecule has 1 nitrogen and oxygen atoms in total. The molecule has 0 atom stereocenters. The molecule has 0 heterocycles. The van der Waals surface area contributed by atoms with Gasteiger partial charge in [-0.15, -0.1) is 0 Å². The molecule has 1 aromatic rings. The van der Waals surface area contributed by atoms with Gasteiger partial charge in [-0.3, -0.25) is 0 Å². The van der Waals surface area contributed by atoms with Crippen molar-refractivity contribution in [2.75, 3.05) is 6.61 Å². The van der Waals surface area contributed by atoms with Gasteiger partial charge in [0.1, 0.15) is 5.75 Å². The molecule has 0 unspecified atom stereocenters. The number of hydrogen-bond donors (Lipinski definition) is 0. The highest BCUT2D eigenvalue weighted by molar-refractivity contribution is 5.27. The summed E-state index contributed by atoms with van der Waals surface area (Å²) in [6.07, 6.45) is 10.8. The summed E-state index contributed by atoms with van der Waals surface area (Å²) in [7, 11) is 0. The molecule has 102 valence electrons. The minimum absolute atomic E-state index is 0.860. The zero-order valence-electron chi connectivity index (χ0n) is 12.1. The Labute approximate surface area is 113 Å². The summed E-state index contributed by atoms with van der Waals surface area (Å²) < 4.78 is 5.73. The second-order valence-corrected chi connectivity index (χ2v) is 5.14. The molecule has 18 heavy (non-hydrogen) atoms. The average molecular weight is 248 g/mol. The Bertz CT molecular complexity index is 306. The van der Waals surface area contributed by atoms with E-state index in [9.17, 15) is 0 Å². The lowest BCUT2D eigenvalue weighted by molar-refractivity contribution is 0.304. The fourth-order valence-electron chi connectivity index (χ4n) is 2.13. The van der Waals surface area contributed by atoms with E-state index in [1.165, 1.54) is 56.9 Å². The lowest BCUT2D eigenvalue weighted by Crippen LogP contribution is -1.97. The van der Waals surface area contributed by atoms with Crippen molar-refractivity contribution in [2.45, 2.75) is 65.2 Å². The molecule has 0 saturated heterocycles. The van der Waals surface area contributed by atoms with Crippen LogP contribution < -0.4 is 4.74 Å². The topological polar surface area (TPSA) is 9.23 Å². The number of ether oxygens (including phenoxy) is 1. The zero-order valence-corrected chi connectivity index (χ0v) is 12.1. The number of unbranched alkanes of at least 4 members (excludes halogenated alkanes) is 7. The Hall–Kier alpha value is -0.980. The quantitative estimate of drug-likeness (QED) is 0.496. The molecular weight excluding hydrogens is 220 g/mol. The molecule has 0 aromatic heterocycles. The summed E-state index contributed by atoms with van der Waals surface area (Å²) in [4.78, 5) is 0. The van der Waals surface area contributed by atoms with Gasteiger partial charge in [0.05, 0.1) is 6.61 Å². The van der Waals surface area contributed by atoms with Crippen LogP contribution in [0, 0.1) is 6.92 Å². The molecule has 0 aliphatic heterocycles. The minimum atomic E-state index is 0.860. The third kappa shape index (κ3) is 7.37. The lowest BCUT2D eigenvalue weighted by Gasteiger charge is -2.06. The largest absolute Gasteiger partial charge is 0.494 e. The molecular formula is C17H28O. The van der Waals surface area contributed by atoms with Crippen LogP contribution in [0.15, 0.2) is 24.3 Å². The maximum Gasteiger partial charge on any atom is 0.119 e. The van der Waals surface area contributed by atoms with E-state index in [-0.39, 0.29) is 0 Å². The predicted molar refractivity (Wildman–Crippen MR) is 79.3 cm³/mol. The van der Waals surface area contributed by atoms with Crippen molar-refractivity contribution in [3.05, 3.63) is 29.8 Å². The van der Waals surface area contributed by atoms with Gasteiger partial charge in [-0.2, -0.15) is 0 Å². The number of rotatable bonds is 10. The first kappa shape index (κ1) is 15.1. The third-order valence-electron chi connectivity index (χ3n) is 3.26. The van der Waals surface area contributed by atoms with Crippen LogP contribution in [0.4, 0.5) is 0 Å². The van der Waals surface area contributed by atoms with Crippen molar-refractivity contribution in [3.8, 4) is 5.75 Å². The Morgan fingerprint density at radius 3 is 2.22 bits per heavy atom. The van der Waals surface area contributed by atoms with Crippen molar-refractivity contribution in [1.29, 1.82) is 0 Å². The molecule has 1 heteroatoms. The van der Waals surface area contributed by atoms with E-state index in [1.807, 2.05) is 6.07 Å². The lowest BCUT2D eigenvalue weighted by atomic mass is 10.1. The van der Waals surface area contributed by atoms with Crippen molar-refractivity contribution in [1.82, 2.24) is 0 Å². The van der Waals surface area contributed by atoms with Crippen molar-refractivity contribution >= 4 is 0 Å². The monoisotopic (exact) mass is 248 g/mol. The van der Waals surface area contributed by atoms with Gasteiger partial charge in [0.2, 0.25) is 0 Å². The second-order valence-electron chi connectivity index (χ2n) is 5.14. The summed E-state index contributed by atoms with van der Waals surface area (Å²) >= 11 is 0. The predicted octanol–water partition coefficient (Wildman–Crippen LogP) is 5.51. The molecule has 0 radical (unpaired) electrons. The highest BCUT2D eigenvalue weighted by Crippen LogP contribution is 2.13. The Kier molecular flexibility index (Phi) is 8.37. The molecule has 0 aliphatic rings. The maximum absolute atomic E-state index is 5.73. The Morgan fingerprint density at radius 2 is 1.56 bits per heavy atom. The summed E-state index contributed by atoms with van der Waals surface area (Å²) in [5.41, 5.74) is 1.27. The van der Waals surface area contributed by atoms with Gasteiger partial charge in [0.15, 0.2) is 0 Å². The van der Waals surface area contributed by atoms with Crippen molar-refractivity contribution in [2.24, 2.45) is 0 Å². The van der Waals surface area contributed by atoms with Crippen LogP contribution in [0.5, 0.6) is 5.75 Å². The fourth-order valence-corrected chi connectivity index (χ4v) is 2.13. The first-order chi connectivity index (χ1) is 8.83. The van der Waals surface area contributed by atoms with E-state index in [0.29, 0.717) is 0 Å². The van der Waals surface area contributed by atoms with E-state index in [4.69, 9.17) is 4.74 Å². The smallest absolute Gasteiger partial charge is 0.119 e. The second kappa shape index (κ2) is 9.99. The average Bonchev–Trinajstić information content (AvgIpc) is 2.37. The van der Waals surface area contributed by atoms with Crippen LogP contribution >= 0.6 is 0 Å². The molecule has 1 rings (SSSR count). The normalized spacial score (nSPS) is 10.6. The van der Waals surface area contributed by atoms with Crippen LogP contribution in [0.25, 0.3) is 0 Å². The summed E-state index contributed by atoms with van der Waals surface area (Å²) in [5.74, 6) is 1.01. The first-order valence-corrected chi connectivity index (χ1v) is 7.52. The number of hydrogen-bond acceptors (Lipinski definition) is 1. The highest BCUT2D eigenvalue weighted by atomic mass is 16.5. The van der Waals surface area contributed by atoms with E-state index < -0.39 is 0 Å². The molecule has 0 spiro atoms. The maximum atomic E-state index is 5.73. The van der Waals surface area contributed by atoms with Crippen LogP contribution in [-0.4, -0.2) is 6.61 Å². The van der Waals surface area contributed by atoms with Crippen LogP contribution in [0.2, 0.25) is 0 Å². The number of benzene rings is 1. The fraction of sp³-hybridized carbons (Fsp3) is 0.647. The van der Waals surface area contributed by atoms with Gasteiger partial charge in [-0.25, -0.2) is 0 Å². The zero-order chi connectivity index (χ0) is 13.1. The molecule has 0 aliphatic carbocycles. The van der Waals surface area contributed by atoms with Crippen LogP contribution in [0.1, 0.15) is 63.9 Å². The van der Waals surface area contributed by atoms with E-state index in [0.717, 1.165) is 12.4 Å². The van der Waals surface area contributed by atoms with Crippen LogP contribution in [0.3, 0.4) is 0 Å². The number of aryl methyl sites for hydroxylation is 1. The molecule has 1 aromatic carbocycles. The summed E-state index contributed by atoms with van der Waals surface area (Å²) in [5, 5.41) is 0. The molecule has 0 amide bonds. The summed E-state index contributed by atoms with van der Waals surface area (Å²) in [6.45, 7) is 5.23. The molecule has 0 fully saturated rings. The van der Waals surface area contributed by atoms with Gasteiger partial charge < -0.3 is 4.74 Å². The first-order valence-electron chi connectivity index (χ1n) is 7.52. The molecule has 0 bridgehead atoms. The SMILES string of the molecule is CCCCCCCCCCOc1cccc(C)c1. The van der Waals surface area contributed by atoms with Crippen molar-refractivity contribution in [3.63, 3.8) is 0 Å². The van der Waals surface area contributed by atoms with Gasteiger partial charge in [-0.1, -0.05) is 64.0 Å². The van der Waals surface area contributed by atoms with E-state index in [1.54, 1.807) is 0 Å². The third-order valence-corrected chi connectivity index (χ3v) is 3.26. The van der Waals surface area contributed by atoms with E-state index in [2.05, 4.69) is 32.0 Å². The summed E-state index contributed by atoms with van der Waals surface area (Å²) in [6, 6.07) is 8.30. The standard InChI is InChI=1S/C17H28O/c1-3-4-5-6-7-8-9-10-14-18-17-13-11-12-16(2)15-17/h11-13,15H,3-10,14H2,1-2H3.